The zero-order chi connectivity index (χ0) is 17.8. The van der Waals surface area contributed by atoms with Crippen molar-refractivity contribution >= 4 is 5.82 Å². The first kappa shape index (κ1) is 16.5. The van der Waals surface area contributed by atoms with Crippen molar-refractivity contribution in [1.29, 1.82) is 0 Å². The molecule has 134 valence electrons. The number of para-hydroxylation sites is 1. The lowest BCUT2D eigenvalue weighted by Crippen LogP contribution is -2.46. The van der Waals surface area contributed by atoms with E-state index in [1.54, 1.807) is 7.11 Å². The summed E-state index contributed by atoms with van der Waals surface area (Å²) in [6, 6.07) is 13.7. The van der Waals surface area contributed by atoms with Gasteiger partial charge in [-0.25, -0.2) is 4.98 Å². The number of hydrogen-bond acceptors (Lipinski definition) is 7. The molecule has 2 aromatic heterocycles. The Morgan fingerprint density at radius 2 is 1.85 bits per heavy atom. The summed E-state index contributed by atoms with van der Waals surface area (Å²) in [6.07, 6.45) is 1.83. The van der Waals surface area contributed by atoms with Crippen molar-refractivity contribution < 1.29 is 9.26 Å². The van der Waals surface area contributed by atoms with Crippen LogP contribution in [0.3, 0.4) is 0 Å². The number of pyridine rings is 1. The molecule has 1 aliphatic heterocycles. The molecule has 0 unspecified atom stereocenters. The Labute approximate surface area is 152 Å². The molecule has 1 aliphatic rings. The maximum Gasteiger partial charge on any atom is 0.241 e. The maximum atomic E-state index is 5.45. The van der Waals surface area contributed by atoms with Crippen LogP contribution in [0.5, 0.6) is 5.75 Å². The predicted molar refractivity (Wildman–Crippen MR) is 98.0 cm³/mol. The Morgan fingerprint density at radius 3 is 2.62 bits per heavy atom. The number of anilines is 1. The second kappa shape index (κ2) is 7.53. The van der Waals surface area contributed by atoms with Gasteiger partial charge in [0.15, 0.2) is 0 Å². The van der Waals surface area contributed by atoms with Crippen LogP contribution in [0.15, 0.2) is 53.2 Å². The molecule has 0 N–H and O–H groups in total. The molecule has 1 aromatic carbocycles. The molecule has 7 nitrogen and oxygen atoms in total. The van der Waals surface area contributed by atoms with Gasteiger partial charge in [-0.2, -0.15) is 4.98 Å². The Bertz CT molecular complexity index is 844. The van der Waals surface area contributed by atoms with Crippen molar-refractivity contribution in [2.45, 2.75) is 6.54 Å². The van der Waals surface area contributed by atoms with Crippen molar-refractivity contribution in [3.05, 3.63) is 54.6 Å². The van der Waals surface area contributed by atoms with Crippen LogP contribution in [0.2, 0.25) is 0 Å². The van der Waals surface area contributed by atoms with Crippen LogP contribution in [-0.2, 0) is 6.54 Å². The van der Waals surface area contributed by atoms with Crippen LogP contribution in [-0.4, -0.2) is 53.3 Å². The van der Waals surface area contributed by atoms with Crippen molar-refractivity contribution in [1.82, 2.24) is 20.0 Å². The van der Waals surface area contributed by atoms with E-state index < -0.39 is 0 Å². The minimum absolute atomic E-state index is 0.560. The third kappa shape index (κ3) is 3.52. The van der Waals surface area contributed by atoms with Crippen molar-refractivity contribution in [2.75, 3.05) is 38.2 Å². The Kier molecular flexibility index (Phi) is 4.79. The molecule has 0 atom stereocenters. The molecule has 0 radical (unpaired) electrons. The van der Waals surface area contributed by atoms with E-state index in [9.17, 15) is 0 Å². The lowest BCUT2D eigenvalue weighted by atomic mass is 10.2. The van der Waals surface area contributed by atoms with Crippen LogP contribution in [0.1, 0.15) is 5.89 Å². The maximum absolute atomic E-state index is 5.45. The molecule has 3 aromatic rings. The average Bonchev–Trinajstić information content (AvgIpc) is 3.17. The predicted octanol–water partition coefficient (Wildman–Crippen LogP) is 2.46. The van der Waals surface area contributed by atoms with Crippen LogP contribution < -0.4 is 9.64 Å². The highest BCUT2D eigenvalue weighted by Crippen LogP contribution is 2.27. The Balaban J connectivity index is 1.38. The molecule has 0 bridgehead atoms. The fraction of sp³-hybridized carbons (Fsp3) is 0.316. The van der Waals surface area contributed by atoms with Gasteiger partial charge in [0.1, 0.15) is 11.6 Å². The molecular formula is C19H21N5O2. The number of methoxy groups -OCH3 is 1. The Morgan fingerprint density at radius 1 is 1.04 bits per heavy atom. The van der Waals surface area contributed by atoms with Crippen LogP contribution in [0, 0.1) is 0 Å². The molecule has 7 heteroatoms. The van der Waals surface area contributed by atoms with Gasteiger partial charge in [0.2, 0.25) is 11.7 Å². The lowest BCUT2D eigenvalue weighted by Gasteiger charge is -2.34. The molecular weight excluding hydrogens is 330 g/mol. The van der Waals surface area contributed by atoms with E-state index in [0.29, 0.717) is 18.3 Å². The highest BCUT2D eigenvalue weighted by atomic mass is 16.5. The van der Waals surface area contributed by atoms with Gasteiger partial charge in [0.05, 0.1) is 19.2 Å². The van der Waals surface area contributed by atoms with Gasteiger partial charge in [0.25, 0.3) is 0 Å². The normalized spacial score (nSPS) is 15.2. The van der Waals surface area contributed by atoms with E-state index in [-0.39, 0.29) is 0 Å². The topological polar surface area (TPSA) is 67.5 Å². The van der Waals surface area contributed by atoms with Crippen molar-refractivity contribution in [3.63, 3.8) is 0 Å². The molecule has 4 rings (SSSR count). The summed E-state index contributed by atoms with van der Waals surface area (Å²) >= 11 is 0. The SMILES string of the molecule is COc1ccccc1-c1noc(CN2CCN(c3ccccn3)CC2)n1. The summed E-state index contributed by atoms with van der Waals surface area (Å²) in [5.41, 5.74) is 0.838. The number of hydrogen-bond donors (Lipinski definition) is 0. The van der Waals surface area contributed by atoms with Gasteiger partial charge in [-0.05, 0) is 24.3 Å². The third-order valence-electron chi connectivity index (χ3n) is 4.52. The molecule has 26 heavy (non-hydrogen) atoms. The summed E-state index contributed by atoms with van der Waals surface area (Å²) in [5, 5.41) is 4.11. The molecule has 0 amide bonds. The minimum Gasteiger partial charge on any atom is -0.496 e. The van der Waals surface area contributed by atoms with Gasteiger partial charge >= 0.3 is 0 Å². The van der Waals surface area contributed by atoms with E-state index in [1.807, 2.05) is 48.7 Å². The molecule has 1 fully saturated rings. The van der Waals surface area contributed by atoms with E-state index >= 15 is 0 Å². The van der Waals surface area contributed by atoms with Gasteiger partial charge in [-0.3, -0.25) is 4.90 Å². The second-order valence-corrected chi connectivity index (χ2v) is 6.16. The summed E-state index contributed by atoms with van der Waals surface area (Å²) in [4.78, 5) is 13.6. The van der Waals surface area contributed by atoms with Crippen molar-refractivity contribution in [2.24, 2.45) is 0 Å². The summed E-state index contributed by atoms with van der Waals surface area (Å²) in [5.74, 6) is 2.95. The number of aromatic nitrogens is 3. The first-order valence-electron chi connectivity index (χ1n) is 8.68. The fourth-order valence-corrected chi connectivity index (χ4v) is 3.13. The van der Waals surface area contributed by atoms with Crippen LogP contribution in [0.25, 0.3) is 11.4 Å². The minimum atomic E-state index is 0.560. The Hall–Kier alpha value is -2.93. The van der Waals surface area contributed by atoms with Crippen LogP contribution in [0.4, 0.5) is 5.82 Å². The van der Waals surface area contributed by atoms with E-state index in [1.165, 1.54) is 0 Å². The highest BCUT2D eigenvalue weighted by molar-refractivity contribution is 5.63. The average molecular weight is 351 g/mol. The smallest absolute Gasteiger partial charge is 0.241 e. The van der Waals surface area contributed by atoms with E-state index in [4.69, 9.17) is 9.26 Å². The first-order valence-corrected chi connectivity index (χ1v) is 8.68. The summed E-state index contributed by atoms with van der Waals surface area (Å²) in [7, 11) is 1.64. The van der Waals surface area contributed by atoms with Gasteiger partial charge in [-0.1, -0.05) is 23.4 Å². The number of benzene rings is 1. The van der Waals surface area contributed by atoms with Gasteiger partial charge < -0.3 is 14.2 Å². The van der Waals surface area contributed by atoms with Crippen molar-refractivity contribution in [3.8, 4) is 17.1 Å². The van der Waals surface area contributed by atoms with E-state index in [2.05, 4.69) is 24.9 Å². The summed E-state index contributed by atoms with van der Waals surface area (Å²) in [6.45, 7) is 4.39. The highest BCUT2D eigenvalue weighted by Gasteiger charge is 2.20. The largest absolute Gasteiger partial charge is 0.496 e. The number of rotatable bonds is 5. The monoisotopic (exact) mass is 351 g/mol. The number of nitrogens with zero attached hydrogens (tertiary/aromatic N) is 5. The molecule has 0 saturated carbocycles. The first-order chi connectivity index (χ1) is 12.8. The number of ether oxygens (including phenoxy) is 1. The molecule has 0 aliphatic carbocycles. The second-order valence-electron chi connectivity index (χ2n) is 6.16. The summed E-state index contributed by atoms with van der Waals surface area (Å²) < 4.78 is 10.8. The number of piperazine rings is 1. The van der Waals surface area contributed by atoms with Gasteiger partial charge in [0, 0.05) is 32.4 Å². The zero-order valence-corrected chi connectivity index (χ0v) is 14.7. The molecule has 1 saturated heterocycles. The zero-order valence-electron chi connectivity index (χ0n) is 14.7. The molecule has 3 heterocycles. The fourth-order valence-electron chi connectivity index (χ4n) is 3.13. The van der Waals surface area contributed by atoms with E-state index in [0.717, 1.165) is 43.3 Å². The third-order valence-corrected chi connectivity index (χ3v) is 4.52. The molecule has 0 spiro atoms. The standard InChI is InChI=1S/C19H21N5O2/c1-25-16-7-3-2-6-15(16)19-21-18(26-22-19)14-23-10-12-24(13-11-23)17-8-4-5-9-20-17/h2-9H,10-14H2,1H3. The van der Waals surface area contributed by atoms with Gasteiger partial charge in [-0.15, -0.1) is 0 Å². The quantitative estimate of drug-likeness (QED) is 0.699. The van der Waals surface area contributed by atoms with Crippen LogP contribution >= 0.6 is 0 Å². The lowest BCUT2D eigenvalue weighted by molar-refractivity contribution is 0.215.